The van der Waals surface area contributed by atoms with Gasteiger partial charge in [0.2, 0.25) is 0 Å². The molecule has 0 radical (unpaired) electrons. The molecule has 2 aromatic rings. The number of halogens is 1. The lowest BCUT2D eigenvalue weighted by Gasteiger charge is -2.31. The van der Waals surface area contributed by atoms with Crippen LogP contribution >= 0.6 is 15.9 Å². The Balaban J connectivity index is 1.67. The molecule has 2 N–H and O–H groups in total. The summed E-state index contributed by atoms with van der Waals surface area (Å²) in [7, 11) is 0. The lowest BCUT2D eigenvalue weighted by molar-refractivity contribution is -0.124. The van der Waals surface area contributed by atoms with Gasteiger partial charge in [-0.15, -0.1) is 0 Å². The first-order valence-electron chi connectivity index (χ1n) is 8.87. The van der Waals surface area contributed by atoms with Crippen molar-refractivity contribution in [1.29, 1.82) is 0 Å². The molecule has 0 aromatic heterocycles. The molecule has 28 heavy (non-hydrogen) atoms. The number of imide groups is 1. The Bertz CT molecular complexity index is 976. The third-order valence-corrected chi connectivity index (χ3v) is 5.50. The maximum absolute atomic E-state index is 12.9. The van der Waals surface area contributed by atoms with Gasteiger partial charge in [-0.2, -0.15) is 0 Å². The number of ether oxygens (including phenoxy) is 1. The van der Waals surface area contributed by atoms with Gasteiger partial charge in [0.25, 0.3) is 11.8 Å². The summed E-state index contributed by atoms with van der Waals surface area (Å²) in [5.41, 5.74) is 0.696. The van der Waals surface area contributed by atoms with E-state index in [0.29, 0.717) is 30.0 Å². The van der Waals surface area contributed by atoms with Crippen molar-refractivity contribution in [2.75, 3.05) is 13.2 Å². The fraction of sp³-hybridized carbons (Fsp3) is 0.250. The van der Waals surface area contributed by atoms with Gasteiger partial charge in [0.1, 0.15) is 5.75 Å². The van der Waals surface area contributed by atoms with Gasteiger partial charge in [0.05, 0.1) is 13.2 Å². The molecular formula is C20H18BrN3O4. The number of benzene rings is 2. The van der Waals surface area contributed by atoms with Crippen molar-refractivity contribution in [2.24, 2.45) is 0 Å². The Morgan fingerprint density at radius 2 is 1.89 bits per heavy atom. The first kappa shape index (κ1) is 18.5. The van der Waals surface area contributed by atoms with Crippen LogP contribution in [0.2, 0.25) is 0 Å². The Kier molecular flexibility index (Phi) is 4.58. The molecule has 4 amide bonds. The number of nitrogens with zero attached hydrogens (tertiary/aromatic N) is 1. The fourth-order valence-electron chi connectivity index (χ4n) is 3.66. The van der Waals surface area contributed by atoms with Crippen LogP contribution in [0.1, 0.15) is 28.4 Å². The quantitative estimate of drug-likeness (QED) is 0.694. The Hall–Kier alpha value is -2.87. The van der Waals surface area contributed by atoms with E-state index in [-0.39, 0.29) is 12.5 Å². The summed E-state index contributed by atoms with van der Waals surface area (Å²) in [6.07, 6.45) is 0. The summed E-state index contributed by atoms with van der Waals surface area (Å²) >= 11 is 3.37. The maximum atomic E-state index is 12.9. The topological polar surface area (TPSA) is 87.7 Å². The minimum absolute atomic E-state index is 0.0314. The highest BCUT2D eigenvalue weighted by Crippen LogP contribution is 2.32. The zero-order chi connectivity index (χ0) is 19.9. The van der Waals surface area contributed by atoms with Crippen LogP contribution in [0.25, 0.3) is 0 Å². The Labute approximate surface area is 170 Å². The number of nitrogens with one attached hydrogen (secondary N) is 2. The minimum atomic E-state index is -1.34. The van der Waals surface area contributed by atoms with Gasteiger partial charge in [0, 0.05) is 16.6 Å². The van der Waals surface area contributed by atoms with Gasteiger partial charge in [-0.3, -0.25) is 14.9 Å². The SMILES string of the molecule is CCOc1ccc2c(c1)CN(C[C@@]1(c3ccc(Br)cc3)NC(=O)NC1=O)C2=O. The second kappa shape index (κ2) is 6.94. The summed E-state index contributed by atoms with van der Waals surface area (Å²) in [4.78, 5) is 39.1. The second-order valence-electron chi connectivity index (χ2n) is 6.73. The summed E-state index contributed by atoms with van der Waals surface area (Å²) in [5.74, 6) is 0.0486. The van der Waals surface area contributed by atoms with E-state index in [0.717, 1.165) is 10.0 Å². The molecule has 1 atom stereocenters. The number of carbonyl (C=O) groups is 3. The van der Waals surface area contributed by atoms with Gasteiger partial charge >= 0.3 is 6.03 Å². The van der Waals surface area contributed by atoms with Gasteiger partial charge in [0.15, 0.2) is 5.54 Å². The molecule has 2 aliphatic rings. The molecule has 0 unspecified atom stereocenters. The van der Waals surface area contributed by atoms with E-state index < -0.39 is 17.5 Å². The fourth-order valence-corrected chi connectivity index (χ4v) is 3.92. The number of amides is 4. The number of hydrogen-bond acceptors (Lipinski definition) is 4. The van der Waals surface area contributed by atoms with Crippen LogP contribution in [0.4, 0.5) is 4.79 Å². The number of hydrogen-bond donors (Lipinski definition) is 2. The predicted octanol–water partition coefficient (Wildman–Crippen LogP) is 2.54. The molecule has 2 aliphatic heterocycles. The highest BCUT2D eigenvalue weighted by Gasteiger charge is 2.50. The van der Waals surface area contributed by atoms with Crippen molar-refractivity contribution in [3.05, 3.63) is 63.6 Å². The average Bonchev–Trinajstić information content (AvgIpc) is 3.12. The molecular weight excluding hydrogens is 426 g/mol. The van der Waals surface area contributed by atoms with E-state index in [1.165, 1.54) is 0 Å². The molecule has 4 rings (SSSR count). The van der Waals surface area contributed by atoms with Crippen LogP contribution in [0.3, 0.4) is 0 Å². The molecule has 2 aromatic carbocycles. The van der Waals surface area contributed by atoms with Gasteiger partial charge in [-0.1, -0.05) is 28.1 Å². The van der Waals surface area contributed by atoms with E-state index in [4.69, 9.17) is 4.74 Å². The first-order chi connectivity index (χ1) is 13.4. The third-order valence-electron chi connectivity index (χ3n) is 4.97. The monoisotopic (exact) mass is 443 g/mol. The first-order valence-corrected chi connectivity index (χ1v) is 9.67. The van der Waals surface area contributed by atoms with Crippen LogP contribution in [0.15, 0.2) is 46.9 Å². The molecule has 7 nitrogen and oxygen atoms in total. The molecule has 0 saturated carbocycles. The number of fused-ring (bicyclic) bond motifs is 1. The highest BCUT2D eigenvalue weighted by atomic mass is 79.9. The number of rotatable bonds is 5. The maximum Gasteiger partial charge on any atom is 0.322 e. The van der Waals surface area contributed by atoms with Crippen LogP contribution in [0.5, 0.6) is 5.75 Å². The molecule has 0 bridgehead atoms. The summed E-state index contributed by atoms with van der Waals surface area (Å²) in [6, 6.07) is 11.9. The van der Waals surface area contributed by atoms with Gasteiger partial charge < -0.3 is 15.0 Å². The van der Waals surface area contributed by atoms with Crippen LogP contribution in [-0.4, -0.2) is 35.9 Å². The van der Waals surface area contributed by atoms with Crippen LogP contribution < -0.4 is 15.4 Å². The van der Waals surface area contributed by atoms with E-state index in [9.17, 15) is 14.4 Å². The highest BCUT2D eigenvalue weighted by molar-refractivity contribution is 9.10. The van der Waals surface area contributed by atoms with Crippen LogP contribution in [-0.2, 0) is 16.9 Å². The number of urea groups is 1. The van der Waals surface area contributed by atoms with Crippen molar-refractivity contribution in [1.82, 2.24) is 15.5 Å². The second-order valence-corrected chi connectivity index (χ2v) is 7.65. The lowest BCUT2D eigenvalue weighted by Crippen LogP contribution is -2.52. The van der Waals surface area contributed by atoms with Crippen molar-refractivity contribution in [2.45, 2.75) is 19.0 Å². The van der Waals surface area contributed by atoms with Gasteiger partial charge in [-0.25, -0.2) is 4.79 Å². The molecule has 0 aliphatic carbocycles. The predicted molar refractivity (Wildman–Crippen MR) is 105 cm³/mol. The molecule has 0 spiro atoms. The average molecular weight is 444 g/mol. The third kappa shape index (κ3) is 3.03. The number of carbonyl (C=O) groups excluding carboxylic acids is 3. The summed E-state index contributed by atoms with van der Waals surface area (Å²) < 4.78 is 6.36. The zero-order valence-electron chi connectivity index (χ0n) is 15.1. The summed E-state index contributed by atoms with van der Waals surface area (Å²) in [6.45, 7) is 2.81. The molecule has 8 heteroatoms. The van der Waals surface area contributed by atoms with Crippen LogP contribution in [0, 0.1) is 0 Å². The summed E-state index contributed by atoms with van der Waals surface area (Å²) in [5, 5.41) is 5.02. The lowest BCUT2D eigenvalue weighted by atomic mass is 9.89. The largest absolute Gasteiger partial charge is 0.494 e. The van der Waals surface area contributed by atoms with Crippen molar-refractivity contribution in [3.63, 3.8) is 0 Å². The van der Waals surface area contributed by atoms with E-state index in [2.05, 4.69) is 26.6 Å². The van der Waals surface area contributed by atoms with E-state index in [1.54, 1.807) is 41.3 Å². The van der Waals surface area contributed by atoms with Crippen molar-refractivity contribution >= 4 is 33.8 Å². The van der Waals surface area contributed by atoms with E-state index >= 15 is 0 Å². The normalized spacial score (nSPS) is 20.8. The molecule has 144 valence electrons. The molecule has 2 heterocycles. The Morgan fingerprint density at radius 1 is 1.14 bits per heavy atom. The van der Waals surface area contributed by atoms with Crippen molar-refractivity contribution < 1.29 is 19.1 Å². The minimum Gasteiger partial charge on any atom is -0.494 e. The van der Waals surface area contributed by atoms with Crippen molar-refractivity contribution in [3.8, 4) is 5.75 Å². The Morgan fingerprint density at radius 3 is 2.54 bits per heavy atom. The zero-order valence-corrected chi connectivity index (χ0v) is 16.7. The molecule has 1 fully saturated rings. The molecule has 1 saturated heterocycles. The standard InChI is InChI=1S/C20H18BrN3O4/c1-2-28-15-7-8-16-12(9-15)10-24(17(16)25)11-20(18(26)22-19(27)23-20)13-3-5-14(21)6-4-13/h3-9H,2,10-11H2,1H3,(H2,22,23,26,27)/t20-/m0/s1. The smallest absolute Gasteiger partial charge is 0.322 e. The van der Waals surface area contributed by atoms with Gasteiger partial charge in [-0.05, 0) is 48.4 Å². The van der Waals surface area contributed by atoms with E-state index in [1.807, 2.05) is 13.0 Å².